The topological polar surface area (TPSA) is 105 Å². The Balaban J connectivity index is 1.76. The molecule has 2 aromatic heterocycles. The molecule has 124 valence electrons. The first-order valence-corrected chi connectivity index (χ1v) is 7.96. The van der Waals surface area contributed by atoms with E-state index in [4.69, 9.17) is 0 Å². The Labute approximate surface area is 142 Å². The van der Waals surface area contributed by atoms with Gasteiger partial charge in [0.1, 0.15) is 5.75 Å². The number of hydrogen-bond donors (Lipinski definition) is 3. The zero-order valence-corrected chi connectivity index (χ0v) is 14.2. The molecule has 3 aromatic rings. The molecule has 1 aromatic carbocycles. The van der Waals surface area contributed by atoms with Crippen molar-refractivity contribution in [2.75, 3.05) is 10.6 Å². The fourth-order valence-electron chi connectivity index (χ4n) is 2.15. The Morgan fingerprint density at radius 3 is 2.75 bits per heavy atom. The van der Waals surface area contributed by atoms with E-state index >= 15 is 0 Å². The maximum Gasteiger partial charge on any atom is 0.286 e. The molecule has 3 N–H and O–H groups in total. The molecule has 3 rings (SSSR count). The average molecular weight is 344 g/mol. The van der Waals surface area contributed by atoms with Crippen LogP contribution in [0.3, 0.4) is 0 Å². The van der Waals surface area contributed by atoms with Crippen LogP contribution in [0.15, 0.2) is 24.4 Å². The number of nitrogens with zero attached hydrogens (tertiary/aromatic N) is 4. The van der Waals surface area contributed by atoms with Gasteiger partial charge in [0.2, 0.25) is 10.1 Å². The summed E-state index contributed by atoms with van der Waals surface area (Å²) in [5.41, 5.74) is 2.05. The second kappa shape index (κ2) is 6.28. The molecule has 24 heavy (non-hydrogen) atoms. The third kappa shape index (κ3) is 3.20. The van der Waals surface area contributed by atoms with Crippen LogP contribution in [-0.2, 0) is 7.05 Å². The summed E-state index contributed by atoms with van der Waals surface area (Å²) in [6.45, 7) is 3.60. The minimum atomic E-state index is -0.377. The van der Waals surface area contributed by atoms with Crippen LogP contribution in [0.1, 0.15) is 20.9 Å². The predicted molar refractivity (Wildman–Crippen MR) is 91.9 cm³/mol. The number of phenolic OH excluding ortho intramolecular Hbond substituents is 1. The summed E-state index contributed by atoms with van der Waals surface area (Å²) in [6, 6.07) is 5.13. The molecule has 0 aliphatic rings. The number of aromatic nitrogens is 4. The number of phenols is 1. The molecule has 9 heteroatoms. The van der Waals surface area contributed by atoms with Gasteiger partial charge < -0.3 is 15.7 Å². The van der Waals surface area contributed by atoms with Crippen molar-refractivity contribution in [1.82, 2.24) is 20.0 Å². The van der Waals surface area contributed by atoms with Crippen LogP contribution in [0.25, 0.3) is 0 Å². The second-order valence-corrected chi connectivity index (χ2v) is 6.25. The molecule has 0 spiro atoms. The summed E-state index contributed by atoms with van der Waals surface area (Å²) in [7, 11) is 1.81. The number of nitrogens with one attached hydrogen (secondary N) is 2. The summed E-state index contributed by atoms with van der Waals surface area (Å²) in [4.78, 5) is 12.4. The van der Waals surface area contributed by atoms with Gasteiger partial charge in [0, 0.05) is 24.9 Å². The maximum atomic E-state index is 12.4. The van der Waals surface area contributed by atoms with Crippen LogP contribution < -0.4 is 10.6 Å². The lowest BCUT2D eigenvalue weighted by atomic mass is 10.1. The minimum absolute atomic E-state index is 0.130. The highest BCUT2D eigenvalue weighted by Crippen LogP contribution is 2.29. The van der Waals surface area contributed by atoms with Crippen molar-refractivity contribution >= 4 is 33.9 Å². The molecule has 0 aliphatic carbocycles. The highest BCUT2D eigenvalue weighted by molar-refractivity contribution is 7.17. The number of aryl methyl sites for hydroxylation is 2. The Kier molecular flexibility index (Phi) is 4.17. The number of anilines is 3. The monoisotopic (exact) mass is 344 g/mol. The number of benzene rings is 1. The summed E-state index contributed by atoms with van der Waals surface area (Å²) in [5, 5.41) is 28.3. The van der Waals surface area contributed by atoms with Gasteiger partial charge in [-0.3, -0.25) is 9.48 Å². The quantitative estimate of drug-likeness (QED) is 0.672. The van der Waals surface area contributed by atoms with Crippen molar-refractivity contribution < 1.29 is 9.90 Å². The number of carbonyl (C=O) groups is 1. The van der Waals surface area contributed by atoms with Crippen molar-refractivity contribution in [3.63, 3.8) is 0 Å². The first kappa shape index (κ1) is 15.9. The molecule has 0 aliphatic heterocycles. The van der Waals surface area contributed by atoms with E-state index in [2.05, 4.69) is 25.9 Å². The van der Waals surface area contributed by atoms with Gasteiger partial charge in [0.05, 0.1) is 5.69 Å². The lowest BCUT2D eigenvalue weighted by molar-refractivity contribution is 0.102. The summed E-state index contributed by atoms with van der Waals surface area (Å²) in [5.74, 6) is 0.379. The highest BCUT2D eigenvalue weighted by atomic mass is 32.1. The van der Waals surface area contributed by atoms with Crippen molar-refractivity contribution in [3.8, 4) is 5.75 Å². The van der Waals surface area contributed by atoms with Crippen molar-refractivity contribution in [2.24, 2.45) is 7.05 Å². The van der Waals surface area contributed by atoms with E-state index in [-0.39, 0.29) is 16.7 Å². The van der Waals surface area contributed by atoms with Gasteiger partial charge >= 0.3 is 0 Å². The van der Waals surface area contributed by atoms with Crippen LogP contribution in [0, 0.1) is 13.8 Å². The molecule has 0 fully saturated rings. The van der Waals surface area contributed by atoms with Gasteiger partial charge in [-0.25, -0.2) is 0 Å². The van der Waals surface area contributed by atoms with Crippen LogP contribution in [-0.4, -0.2) is 31.0 Å². The van der Waals surface area contributed by atoms with Crippen LogP contribution in [0.2, 0.25) is 0 Å². The van der Waals surface area contributed by atoms with Gasteiger partial charge in [0.25, 0.3) is 5.91 Å². The molecule has 0 unspecified atom stereocenters. The van der Waals surface area contributed by atoms with E-state index in [9.17, 15) is 9.90 Å². The molecule has 1 amide bonds. The van der Waals surface area contributed by atoms with Crippen molar-refractivity contribution in [2.45, 2.75) is 13.8 Å². The third-order valence-corrected chi connectivity index (χ3v) is 4.29. The maximum absolute atomic E-state index is 12.4. The van der Waals surface area contributed by atoms with E-state index in [1.54, 1.807) is 36.0 Å². The SMILES string of the molecule is Cc1ccc(O)c(C)c1NC(=O)c1nnc(Nc2ccn(C)n2)s1. The normalized spacial score (nSPS) is 10.6. The van der Waals surface area contributed by atoms with Crippen molar-refractivity contribution in [3.05, 3.63) is 40.5 Å². The summed E-state index contributed by atoms with van der Waals surface area (Å²) < 4.78 is 1.66. The Hall–Kier alpha value is -2.94. The first-order chi connectivity index (χ1) is 11.4. The van der Waals surface area contributed by atoms with Gasteiger partial charge in [-0.15, -0.1) is 10.2 Å². The van der Waals surface area contributed by atoms with E-state index in [1.165, 1.54) is 0 Å². The Morgan fingerprint density at radius 1 is 1.25 bits per heavy atom. The second-order valence-electron chi connectivity index (χ2n) is 5.27. The summed E-state index contributed by atoms with van der Waals surface area (Å²) in [6.07, 6.45) is 1.80. The zero-order valence-electron chi connectivity index (χ0n) is 13.4. The first-order valence-electron chi connectivity index (χ1n) is 7.14. The van der Waals surface area contributed by atoms with Gasteiger partial charge in [-0.1, -0.05) is 17.4 Å². The molecular formula is C15H16N6O2S. The number of rotatable bonds is 4. The molecule has 0 bridgehead atoms. The lowest BCUT2D eigenvalue weighted by Gasteiger charge is -2.11. The molecule has 0 radical (unpaired) electrons. The van der Waals surface area contributed by atoms with Gasteiger partial charge in [0.15, 0.2) is 5.82 Å². The molecule has 2 heterocycles. The number of hydrogen-bond acceptors (Lipinski definition) is 7. The van der Waals surface area contributed by atoms with E-state index in [1.807, 2.05) is 14.0 Å². The zero-order chi connectivity index (χ0) is 17.3. The van der Waals surface area contributed by atoms with Gasteiger partial charge in [-0.2, -0.15) is 5.10 Å². The Morgan fingerprint density at radius 2 is 2.04 bits per heavy atom. The highest BCUT2D eigenvalue weighted by Gasteiger charge is 2.16. The van der Waals surface area contributed by atoms with Crippen LogP contribution >= 0.6 is 11.3 Å². The fraction of sp³-hybridized carbons (Fsp3) is 0.200. The third-order valence-electron chi connectivity index (χ3n) is 3.45. The predicted octanol–water partition coefficient (Wildman–Crippen LogP) is 2.59. The standard InChI is InChI=1S/C15H16N6O2S/c1-8-4-5-10(22)9(2)12(8)17-13(23)14-18-19-15(24-14)16-11-6-7-21(3)20-11/h4-7,22H,1-3H3,(H,17,23)(H,16,19,20). The largest absolute Gasteiger partial charge is 0.508 e. The van der Waals surface area contributed by atoms with E-state index in [0.29, 0.717) is 22.2 Å². The fourth-order valence-corrected chi connectivity index (χ4v) is 2.80. The number of aromatic hydroxyl groups is 1. The summed E-state index contributed by atoms with van der Waals surface area (Å²) >= 11 is 1.12. The molecule has 0 saturated heterocycles. The average Bonchev–Trinajstić information content (AvgIpc) is 3.17. The molecule has 8 nitrogen and oxygen atoms in total. The molecular weight excluding hydrogens is 328 g/mol. The lowest BCUT2D eigenvalue weighted by Crippen LogP contribution is -2.13. The van der Waals surface area contributed by atoms with Crippen LogP contribution in [0.4, 0.5) is 16.6 Å². The number of carbonyl (C=O) groups excluding carboxylic acids is 1. The number of amides is 1. The van der Waals surface area contributed by atoms with E-state index < -0.39 is 0 Å². The molecule has 0 saturated carbocycles. The minimum Gasteiger partial charge on any atom is -0.508 e. The van der Waals surface area contributed by atoms with Crippen molar-refractivity contribution in [1.29, 1.82) is 0 Å². The Bertz CT molecular complexity index is 901. The van der Waals surface area contributed by atoms with Gasteiger partial charge in [-0.05, 0) is 25.5 Å². The van der Waals surface area contributed by atoms with Crippen LogP contribution in [0.5, 0.6) is 5.75 Å². The van der Waals surface area contributed by atoms with E-state index in [0.717, 1.165) is 16.9 Å². The smallest absolute Gasteiger partial charge is 0.286 e. The molecule has 0 atom stereocenters.